The lowest BCUT2D eigenvalue weighted by atomic mass is 9.81. The molecule has 29 heavy (non-hydrogen) atoms. The molecule has 8 heteroatoms. The highest BCUT2D eigenvalue weighted by Crippen LogP contribution is 2.37. The lowest BCUT2D eigenvalue weighted by Crippen LogP contribution is -2.54. The highest BCUT2D eigenvalue weighted by Gasteiger charge is 2.40. The molecule has 0 aliphatic carbocycles. The van der Waals surface area contributed by atoms with Crippen molar-refractivity contribution in [3.8, 4) is 0 Å². The number of ether oxygens (including phenoxy) is 1. The van der Waals surface area contributed by atoms with Gasteiger partial charge < -0.3 is 10.1 Å². The summed E-state index contributed by atoms with van der Waals surface area (Å²) in [5.74, 6) is 0. The molecule has 2 nitrogen and oxygen atoms in total. The van der Waals surface area contributed by atoms with Crippen molar-refractivity contribution in [1.29, 1.82) is 0 Å². The highest BCUT2D eigenvalue weighted by atomic mass is 19.4. The van der Waals surface area contributed by atoms with E-state index in [1.54, 1.807) is 0 Å². The van der Waals surface area contributed by atoms with Gasteiger partial charge in [-0.15, -0.1) is 0 Å². The van der Waals surface area contributed by atoms with Gasteiger partial charge in [-0.3, -0.25) is 0 Å². The summed E-state index contributed by atoms with van der Waals surface area (Å²) < 4.78 is 84.2. The average Bonchev–Trinajstić information content (AvgIpc) is 2.66. The largest absolute Gasteiger partial charge is 0.416 e. The van der Waals surface area contributed by atoms with Crippen molar-refractivity contribution < 1.29 is 31.1 Å². The van der Waals surface area contributed by atoms with E-state index < -0.39 is 35.1 Å². The monoisotopic (exact) mass is 417 g/mol. The third-order valence-electron chi connectivity index (χ3n) is 5.25. The molecule has 1 saturated heterocycles. The second kappa shape index (κ2) is 7.99. The fraction of sp³-hybridized carbons (Fsp3) is 0.429. The third-order valence-corrected chi connectivity index (χ3v) is 5.25. The van der Waals surface area contributed by atoms with Crippen molar-refractivity contribution in [3.63, 3.8) is 0 Å². The SMILES string of the molecule is CC1(c2ccccc2)NCCCC1OCc1cc(C(F)(F)F)cc(C(F)(F)F)c1. The van der Waals surface area contributed by atoms with E-state index in [4.69, 9.17) is 4.74 Å². The number of halogens is 6. The number of nitrogens with one attached hydrogen (secondary N) is 1. The minimum atomic E-state index is -4.87. The number of alkyl halides is 6. The molecule has 0 radical (unpaired) electrons. The first-order valence-corrected chi connectivity index (χ1v) is 9.21. The molecule has 0 spiro atoms. The Hall–Kier alpha value is -2.06. The molecule has 2 aromatic carbocycles. The number of hydrogen-bond acceptors (Lipinski definition) is 2. The Kier molecular flexibility index (Phi) is 5.96. The first-order chi connectivity index (χ1) is 13.5. The van der Waals surface area contributed by atoms with Gasteiger partial charge in [0.1, 0.15) is 0 Å². The molecular formula is C21H21F6NO. The Morgan fingerprint density at radius 3 is 2.10 bits per heavy atom. The van der Waals surface area contributed by atoms with Gasteiger partial charge in [0.25, 0.3) is 0 Å². The molecule has 0 aromatic heterocycles. The van der Waals surface area contributed by atoms with Crippen LogP contribution < -0.4 is 5.32 Å². The van der Waals surface area contributed by atoms with Crippen molar-refractivity contribution in [3.05, 3.63) is 70.8 Å². The molecule has 1 aliphatic rings. The zero-order valence-electron chi connectivity index (χ0n) is 15.7. The molecule has 0 bridgehead atoms. The molecule has 2 unspecified atom stereocenters. The summed E-state index contributed by atoms with van der Waals surface area (Å²) >= 11 is 0. The summed E-state index contributed by atoms with van der Waals surface area (Å²) in [4.78, 5) is 0. The van der Waals surface area contributed by atoms with Crippen LogP contribution in [0.2, 0.25) is 0 Å². The maximum absolute atomic E-state index is 13.1. The Morgan fingerprint density at radius 2 is 1.55 bits per heavy atom. The first-order valence-electron chi connectivity index (χ1n) is 9.21. The Labute approximate surface area is 164 Å². The second-order valence-corrected chi connectivity index (χ2v) is 7.35. The zero-order chi connectivity index (χ0) is 21.3. The van der Waals surface area contributed by atoms with E-state index in [0.717, 1.165) is 18.5 Å². The van der Waals surface area contributed by atoms with E-state index in [-0.39, 0.29) is 18.2 Å². The quantitative estimate of drug-likeness (QED) is 0.625. The van der Waals surface area contributed by atoms with Gasteiger partial charge in [0.15, 0.2) is 0 Å². The molecule has 0 amide bonds. The highest BCUT2D eigenvalue weighted by molar-refractivity contribution is 5.33. The van der Waals surface area contributed by atoms with Crippen molar-refractivity contribution in [1.82, 2.24) is 5.32 Å². The summed E-state index contributed by atoms with van der Waals surface area (Å²) in [6.45, 7) is 2.33. The van der Waals surface area contributed by atoms with Crippen LogP contribution in [0, 0.1) is 0 Å². The van der Waals surface area contributed by atoms with Crippen LogP contribution in [0.3, 0.4) is 0 Å². The number of rotatable bonds is 4. The maximum atomic E-state index is 13.1. The van der Waals surface area contributed by atoms with Gasteiger partial charge in [0.05, 0.1) is 29.4 Å². The van der Waals surface area contributed by atoms with E-state index in [2.05, 4.69) is 5.32 Å². The third kappa shape index (κ3) is 4.93. The number of benzene rings is 2. The Morgan fingerprint density at radius 1 is 0.966 bits per heavy atom. The van der Waals surface area contributed by atoms with Gasteiger partial charge in [0.2, 0.25) is 0 Å². The fourth-order valence-electron chi connectivity index (χ4n) is 3.66. The predicted molar refractivity (Wildman–Crippen MR) is 96.1 cm³/mol. The van der Waals surface area contributed by atoms with Crippen LogP contribution >= 0.6 is 0 Å². The minimum Gasteiger partial charge on any atom is -0.371 e. The van der Waals surface area contributed by atoms with Gasteiger partial charge in [-0.05, 0) is 55.6 Å². The minimum absolute atomic E-state index is 0.125. The van der Waals surface area contributed by atoms with Gasteiger partial charge in [-0.25, -0.2) is 0 Å². The van der Waals surface area contributed by atoms with E-state index in [1.807, 2.05) is 37.3 Å². The lowest BCUT2D eigenvalue weighted by molar-refractivity contribution is -0.143. The van der Waals surface area contributed by atoms with Crippen molar-refractivity contribution in [2.45, 2.75) is 50.4 Å². The van der Waals surface area contributed by atoms with E-state index in [0.29, 0.717) is 18.6 Å². The molecule has 158 valence electrons. The van der Waals surface area contributed by atoms with E-state index in [9.17, 15) is 26.3 Å². The van der Waals surface area contributed by atoms with Gasteiger partial charge in [-0.2, -0.15) is 26.3 Å². The zero-order valence-corrected chi connectivity index (χ0v) is 15.7. The summed E-state index contributed by atoms with van der Waals surface area (Å²) in [6.07, 6.45) is -8.71. The van der Waals surface area contributed by atoms with Gasteiger partial charge >= 0.3 is 12.4 Å². The van der Waals surface area contributed by atoms with Gasteiger partial charge in [-0.1, -0.05) is 30.3 Å². The molecule has 0 saturated carbocycles. The van der Waals surface area contributed by atoms with Crippen LogP contribution in [0.15, 0.2) is 48.5 Å². The fourth-order valence-corrected chi connectivity index (χ4v) is 3.66. The van der Waals surface area contributed by atoms with Crippen LogP contribution in [-0.4, -0.2) is 12.6 Å². The summed E-state index contributed by atoms with van der Waals surface area (Å²) in [5.41, 5.74) is -2.47. The molecule has 3 rings (SSSR count). The Balaban J connectivity index is 1.86. The van der Waals surface area contributed by atoms with Crippen molar-refractivity contribution in [2.75, 3.05) is 6.54 Å². The van der Waals surface area contributed by atoms with Crippen LogP contribution in [0.1, 0.15) is 42.0 Å². The lowest BCUT2D eigenvalue weighted by Gasteiger charge is -2.42. The standard InChI is InChI=1S/C21H21F6NO/c1-19(15-6-3-2-4-7-15)18(8-5-9-28-19)29-13-14-10-16(20(22,23)24)12-17(11-14)21(25,26)27/h2-4,6-7,10-12,18,28H,5,8-9,13H2,1H3. The molecule has 2 atom stereocenters. The maximum Gasteiger partial charge on any atom is 0.416 e. The molecule has 1 N–H and O–H groups in total. The van der Waals surface area contributed by atoms with Crippen LogP contribution in [0.25, 0.3) is 0 Å². The van der Waals surface area contributed by atoms with Crippen molar-refractivity contribution >= 4 is 0 Å². The second-order valence-electron chi connectivity index (χ2n) is 7.35. The summed E-state index contributed by atoms with van der Waals surface area (Å²) in [6, 6.07) is 11.0. The molecule has 1 fully saturated rings. The molecular weight excluding hydrogens is 396 g/mol. The molecule has 1 heterocycles. The molecule has 2 aromatic rings. The Bertz CT molecular complexity index is 801. The smallest absolute Gasteiger partial charge is 0.371 e. The molecule has 1 aliphatic heterocycles. The summed E-state index contributed by atoms with van der Waals surface area (Å²) in [5, 5.41) is 3.38. The number of hydrogen-bond donors (Lipinski definition) is 1. The first kappa shape index (κ1) is 21.6. The van der Waals surface area contributed by atoms with Gasteiger partial charge in [0, 0.05) is 0 Å². The topological polar surface area (TPSA) is 21.3 Å². The summed E-state index contributed by atoms with van der Waals surface area (Å²) in [7, 11) is 0. The van der Waals surface area contributed by atoms with E-state index in [1.165, 1.54) is 0 Å². The van der Waals surface area contributed by atoms with Crippen molar-refractivity contribution in [2.24, 2.45) is 0 Å². The number of piperidine rings is 1. The predicted octanol–water partition coefficient (Wildman–Crippen LogP) is 5.91. The van der Waals surface area contributed by atoms with Crippen LogP contribution in [0.4, 0.5) is 26.3 Å². The van der Waals surface area contributed by atoms with E-state index >= 15 is 0 Å². The average molecular weight is 417 g/mol. The van der Waals surface area contributed by atoms with Crippen LogP contribution in [0.5, 0.6) is 0 Å². The normalized spacial score (nSPS) is 23.2. The van der Waals surface area contributed by atoms with Crippen LogP contribution in [-0.2, 0) is 29.2 Å².